The van der Waals surface area contributed by atoms with E-state index in [-0.39, 0.29) is 0 Å². The summed E-state index contributed by atoms with van der Waals surface area (Å²) in [5.41, 5.74) is 0. The molecule has 0 fully saturated rings. The second-order valence-corrected chi connectivity index (χ2v) is 2.14. The van der Waals surface area contributed by atoms with Gasteiger partial charge in [0.1, 0.15) is 25.4 Å². The first-order valence-electron chi connectivity index (χ1n) is 3.17. The minimum atomic E-state index is -1.96. The Hall–Kier alpha value is -0.820. The first-order valence-corrected chi connectivity index (χ1v) is 3.17. The Morgan fingerprint density at radius 3 is 1.33 bits per heavy atom. The molecule has 4 N–H and O–H groups in total. The number of carbonyl (C=O) groups is 2. The van der Waals surface area contributed by atoms with Crippen molar-refractivity contribution in [2.45, 2.75) is 12.2 Å². The molecule has 0 aliphatic heterocycles. The molecule has 0 saturated heterocycles. The lowest BCUT2D eigenvalue weighted by Gasteiger charge is -2.12. The summed E-state index contributed by atoms with van der Waals surface area (Å²) in [4.78, 5) is 21.0. The van der Waals surface area contributed by atoms with Crippen LogP contribution in [0.4, 0.5) is 0 Å². The van der Waals surface area contributed by atoms with Crippen LogP contribution in [0.5, 0.6) is 0 Å². The van der Waals surface area contributed by atoms with Crippen LogP contribution in [-0.4, -0.2) is 57.4 Å². The van der Waals surface area contributed by atoms with Crippen molar-refractivity contribution >= 4 is 11.6 Å². The van der Waals surface area contributed by atoms with E-state index in [0.29, 0.717) is 0 Å². The van der Waals surface area contributed by atoms with E-state index in [1.165, 1.54) is 0 Å². The average molecular weight is 178 g/mol. The summed E-state index contributed by atoms with van der Waals surface area (Å²) in [6.07, 6.45) is -3.93. The molecular formula is C6H10O6. The van der Waals surface area contributed by atoms with E-state index >= 15 is 0 Å². The van der Waals surface area contributed by atoms with Crippen molar-refractivity contribution in [1.82, 2.24) is 0 Å². The molecule has 0 amide bonds. The normalized spacial score (nSPS) is 15.3. The minimum absolute atomic E-state index is 0.961. The minimum Gasteiger partial charge on any atom is -0.388 e. The van der Waals surface area contributed by atoms with Crippen LogP contribution >= 0.6 is 0 Å². The highest BCUT2D eigenvalue weighted by Crippen LogP contribution is 1.96. The lowest BCUT2D eigenvalue weighted by molar-refractivity contribution is -0.146. The summed E-state index contributed by atoms with van der Waals surface area (Å²) in [6, 6.07) is 0. The maximum Gasteiger partial charge on any atom is 0.189 e. The lowest BCUT2D eigenvalue weighted by Crippen LogP contribution is -2.42. The molecule has 0 radical (unpaired) electrons. The van der Waals surface area contributed by atoms with Crippen molar-refractivity contribution < 1.29 is 30.0 Å². The van der Waals surface area contributed by atoms with Gasteiger partial charge in [-0.05, 0) is 0 Å². The van der Waals surface area contributed by atoms with Gasteiger partial charge in [0.05, 0.1) is 0 Å². The standard InChI is InChI=1S/C6H10O6/c7-1-3(9)5(11)6(12)4(10)2-8/h5-8,11-12H,1-2H2/t5-,6+. The van der Waals surface area contributed by atoms with E-state index in [1.54, 1.807) is 0 Å². The van der Waals surface area contributed by atoms with Crippen LogP contribution in [0.1, 0.15) is 0 Å². The zero-order chi connectivity index (χ0) is 9.72. The van der Waals surface area contributed by atoms with Crippen molar-refractivity contribution in [2.24, 2.45) is 0 Å². The number of carbonyl (C=O) groups excluding carboxylic acids is 2. The Morgan fingerprint density at radius 2 is 1.17 bits per heavy atom. The number of aliphatic hydroxyl groups is 4. The summed E-state index contributed by atoms with van der Waals surface area (Å²) >= 11 is 0. The van der Waals surface area contributed by atoms with Crippen molar-refractivity contribution in [2.75, 3.05) is 13.2 Å². The van der Waals surface area contributed by atoms with Crippen LogP contribution in [0.3, 0.4) is 0 Å². The molecule has 70 valence electrons. The van der Waals surface area contributed by atoms with Gasteiger partial charge in [-0.15, -0.1) is 0 Å². The molecule has 12 heavy (non-hydrogen) atoms. The van der Waals surface area contributed by atoms with Crippen LogP contribution in [0, 0.1) is 0 Å². The van der Waals surface area contributed by atoms with E-state index in [0.717, 1.165) is 0 Å². The molecule has 0 aromatic rings. The predicted octanol–water partition coefficient (Wildman–Crippen LogP) is -3.17. The third-order valence-electron chi connectivity index (χ3n) is 1.27. The van der Waals surface area contributed by atoms with Gasteiger partial charge < -0.3 is 20.4 Å². The van der Waals surface area contributed by atoms with Crippen LogP contribution < -0.4 is 0 Å². The van der Waals surface area contributed by atoms with E-state index in [9.17, 15) is 9.59 Å². The van der Waals surface area contributed by atoms with Crippen molar-refractivity contribution in [3.05, 3.63) is 0 Å². The van der Waals surface area contributed by atoms with Gasteiger partial charge in [0.15, 0.2) is 11.6 Å². The number of ketones is 2. The SMILES string of the molecule is O=C(CO)[C@@H](O)[C@@H](O)C(=O)CO. The molecule has 0 aromatic carbocycles. The molecule has 0 bridgehead atoms. The predicted molar refractivity (Wildman–Crippen MR) is 36.2 cm³/mol. The third-order valence-corrected chi connectivity index (χ3v) is 1.27. The Morgan fingerprint density at radius 1 is 0.917 bits per heavy atom. The molecule has 2 atom stereocenters. The lowest BCUT2D eigenvalue weighted by atomic mass is 10.1. The summed E-state index contributed by atoms with van der Waals surface area (Å²) in [5, 5.41) is 34.0. The molecule has 0 aliphatic rings. The Bertz CT molecular complexity index is 157. The van der Waals surface area contributed by atoms with Gasteiger partial charge in [-0.2, -0.15) is 0 Å². The molecule has 6 heteroatoms. The molecule has 0 aliphatic carbocycles. The Balaban J connectivity index is 4.18. The third kappa shape index (κ3) is 2.67. The first kappa shape index (κ1) is 11.2. The van der Waals surface area contributed by atoms with E-state index in [1.807, 2.05) is 0 Å². The zero-order valence-corrected chi connectivity index (χ0v) is 6.17. The molecule has 0 rings (SSSR count). The van der Waals surface area contributed by atoms with E-state index in [4.69, 9.17) is 20.4 Å². The van der Waals surface area contributed by atoms with Gasteiger partial charge in [0, 0.05) is 0 Å². The molecule has 0 heterocycles. The monoisotopic (exact) mass is 178 g/mol. The highest BCUT2D eigenvalue weighted by Gasteiger charge is 2.28. The van der Waals surface area contributed by atoms with Crippen molar-refractivity contribution in [1.29, 1.82) is 0 Å². The quantitative estimate of drug-likeness (QED) is 0.353. The highest BCUT2D eigenvalue weighted by molar-refractivity contribution is 5.93. The van der Waals surface area contributed by atoms with Gasteiger partial charge >= 0.3 is 0 Å². The topological polar surface area (TPSA) is 115 Å². The Kier molecular flexibility index (Phi) is 4.60. The molecular weight excluding hydrogens is 168 g/mol. The van der Waals surface area contributed by atoms with Crippen LogP contribution in [0.25, 0.3) is 0 Å². The maximum atomic E-state index is 10.5. The van der Waals surface area contributed by atoms with Crippen molar-refractivity contribution in [3.63, 3.8) is 0 Å². The van der Waals surface area contributed by atoms with Crippen molar-refractivity contribution in [3.8, 4) is 0 Å². The maximum absolute atomic E-state index is 10.5. The zero-order valence-electron chi connectivity index (χ0n) is 6.17. The van der Waals surface area contributed by atoms with Crippen LogP contribution in [0.2, 0.25) is 0 Å². The number of hydrogen-bond acceptors (Lipinski definition) is 6. The fraction of sp³-hybridized carbons (Fsp3) is 0.667. The summed E-state index contributed by atoms with van der Waals surface area (Å²) in [6.45, 7) is -1.92. The molecule has 0 saturated carbocycles. The molecule has 0 aromatic heterocycles. The Labute approximate surface area is 68.1 Å². The number of hydrogen-bond donors (Lipinski definition) is 4. The van der Waals surface area contributed by atoms with Gasteiger partial charge in [0.25, 0.3) is 0 Å². The van der Waals surface area contributed by atoms with Gasteiger partial charge in [-0.1, -0.05) is 0 Å². The van der Waals surface area contributed by atoms with Crippen LogP contribution in [0.15, 0.2) is 0 Å². The number of rotatable bonds is 5. The average Bonchev–Trinajstić information content (AvgIpc) is 2.12. The summed E-state index contributed by atoms with van der Waals surface area (Å²) in [7, 11) is 0. The van der Waals surface area contributed by atoms with Gasteiger partial charge in [0.2, 0.25) is 0 Å². The number of aliphatic hydroxyl groups excluding tert-OH is 4. The fourth-order valence-electron chi connectivity index (χ4n) is 0.539. The summed E-state index contributed by atoms with van der Waals surface area (Å²) < 4.78 is 0. The number of Topliss-reactive ketones (excluding diaryl/α,β-unsaturated/α-hetero) is 2. The smallest absolute Gasteiger partial charge is 0.189 e. The summed E-state index contributed by atoms with van der Waals surface area (Å²) in [5.74, 6) is -2.13. The first-order chi connectivity index (χ1) is 5.54. The highest BCUT2D eigenvalue weighted by atomic mass is 16.4. The van der Waals surface area contributed by atoms with E-state index < -0.39 is 37.0 Å². The van der Waals surface area contributed by atoms with E-state index in [2.05, 4.69) is 0 Å². The fourth-order valence-corrected chi connectivity index (χ4v) is 0.539. The second kappa shape index (κ2) is 4.94. The largest absolute Gasteiger partial charge is 0.388 e. The van der Waals surface area contributed by atoms with Gasteiger partial charge in [-0.25, -0.2) is 0 Å². The second-order valence-electron chi connectivity index (χ2n) is 2.14. The van der Waals surface area contributed by atoms with Crippen LogP contribution in [-0.2, 0) is 9.59 Å². The van der Waals surface area contributed by atoms with Gasteiger partial charge in [-0.3, -0.25) is 9.59 Å². The molecule has 0 unspecified atom stereocenters. The molecule has 6 nitrogen and oxygen atoms in total. The molecule has 0 spiro atoms.